The van der Waals surface area contributed by atoms with Gasteiger partial charge in [-0.2, -0.15) is 9.29 Å². The standard InChI is InChI=1S/C16H12F3N3O5S/c17-16(18,19)26-11-3-5-12(6-4-11)28(23,24)22-8-10(9-22)15-20-14(21-27-15)13-2-1-7-25-13/h1-7,10H,8-9H2. The van der Waals surface area contributed by atoms with E-state index in [1.54, 1.807) is 12.1 Å². The highest BCUT2D eigenvalue weighted by Gasteiger charge is 2.40. The quantitative estimate of drug-likeness (QED) is 0.632. The van der Waals surface area contributed by atoms with E-state index in [0.29, 0.717) is 5.76 Å². The number of alkyl halides is 3. The van der Waals surface area contributed by atoms with E-state index in [0.717, 1.165) is 24.3 Å². The average Bonchev–Trinajstić information content (AvgIpc) is 3.23. The number of hydrogen-bond acceptors (Lipinski definition) is 7. The van der Waals surface area contributed by atoms with Crippen LogP contribution in [0, 0.1) is 0 Å². The molecule has 0 radical (unpaired) electrons. The van der Waals surface area contributed by atoms with Crippen LogP contribution >= 0.6 is 0 Å². The van der Waals surface area contributed by atoms with Gasteiger partial charge in [0, 0.05) is 13.1 Å². The number of sulfonamides is 1. The molecule has 1 aliphatic heterocycles. The van der Waals surface area contributed by atoms with Crippen LogP contribution in [-0.2, 0) is 10.0 Å². The van der Waals surface area contributed by atoms with Crippen molar-refractivity contribution in [1.29, 1.82) is 0 Å². The number of ether oxygens (including phenoxy) is 1. The predicted octanol–water partition coefficient (Wildman–Crippen LogP) is 3.02. The second kappa shape index (κ2) is 6.63. The molecule has 12 heteroatoms. The van der Waals surface area contributed by atoms with Gasteiger partial charge in [0.1, 0.15) is 5.75 Å². The van der Waals surface area contributed by atoms with Gasteiger partial charge in [-0.3, -0.25) is 0 Å². The molecule has 1 aliphatic rings. The summed E-state index contributed by atoms with van der Waals surface area (Å²) in [4.78, 5) is 4.06. The molecule has 0 bridgehead atoms. The number of furan rings is 1. The van der Waals surface area contributed by atoms with E-state index < -0.39 is 22.1 Å². The lowest BCUT2D eigenvalue weighted by atomic mass is 10.0. The Hall–Kier alpha value is -2.86. The number of nitrogens with zero attached hydrogens (tertiary/aromatic N) is 3. The molecule has 0 unspecified atom stereocenters. The lowest BCUT2D eigenvalue weighted by molar-refractivity contribution is -0.274. The molecular formula is C16H12F3N3O5S. The van der Waals surface area contributed by atoms with Crippen molar-refractivity contribution in [3.63, 3.8) is 0 Å². The van der Waals surface area contributed by atoms with Crippen LogP contribution in [-0.4, -0.2) is 42.3 Å². The lowest BCUT2D eigenvalue weighted by Crippen LogP contribution is -2.48. The number of aromatic nitrogens is 2. The number of hydrogen-bond donors (Lipinski definition) is 0. The smallest absolute Gasteiger partial charge is 0.461 e. The monoisotopic (exact) mass is 415 g/mol. The summed E-state index contributed by atoms with van der Waals surface area (Å²) in [5.41, 5.74) is 0. The van der Waals surface area contributed by atoms with Gasteiger partial charge < -0.3 is 13.7 Å². The van der Waals surface area contributed by atoms with Crippen molar-refractivity contribution < 1.29 is 35.3 Å². The minimum atomic E-state index is -4.84. The largest absolute Gasteiger partial charge is 0.573 e. The first-order valence-electron chi connectivity index (χ1n) is 7.96. The highest BCUT2D eigenvalue weighted by molar-refractivity contribution is 7.89. The Bertz CT molecular complexity index is 1060. The number of rotatable bonds is 5. The maximum atomic E-state index is 12.6. The topological polar surface area (TPSA) is 98.7 Å². The molecular weight excluding hydrogens is 403 g/mol. The molecule has 1 saturated heterocycles. The van der Waals surface area contributed by atoms with Crippen molar-refractivity contribution in [2.45, 2.75) is 17.2 Å². The van der Waals surface area contributed by atoms with Crippen LogP contribution in [0.5, 0.6) is 5.75 Å². The van der Waals surface area contributed by atoms with Gasteiger partial charge in [-0.1, -0.05) is 5.16 Å². The SMILES string of the molecule is O=S(=O)(c1ccc(OC(F)(F)F)cc1)N1CC(c2nc(-c3ccco3)no2)C1. The zero-order chi connectivity index (χ0) is 19.9. The molecule has 0 atom stereocenters. The van der Waals surface area contributed by atoms with Gasteiger partial charge in [-0.05, 0) is 36.4 Å². The summed E-state index contributed by atoms with van der Waals surface area (Å²) >= 11 is 0. The molecule has 1 aromatic carbocycles. The molecule has 4 rings (SSSR count). The van der Waals surface area contributed by atoms with Crippen LogP contribution in [0.4, 0.5) is 13.2 Å². The molecule has 0 spiro atoms. The number of benzene rings is 1. The number of halogens is 3. The van der Waals surface area contributed by atoms with E-state index in [9.17, 15) is 21.6 Å². The van der Waals surface area contributed by atoms with Crippen LogP contribution in [0.2, 0.25) is 0 Å². The highest BCUT2D eigenvalue weighted by Crippen LogP contribution is 2.33. The van der Waals surface area contributed by atoms with Crippen molar-refractivity contribution in [1.82, 2.24) is 14.4 Å². The van der Waals surface area contributed by atoms with Crippen LogP contribution < -0.4 is 4.74 Å². The van der Waals surface area contributed by atoms with Crippen molar-refractivity contribution in [2.24, 2.45) is 0 Å². The normalized spacial score (nSPS) is 16.1. The first-order chi connectivity index (χ1) is 13.2. The van der Waals surface area contributed by atoms with Crippen LogP contribution in [0.3, 0.4) is 0 Å². The minimum Gasteiger partial charge on any atom is -0.461 e. The van der Waals surface area contributed by atoms with Crippen LogP contribution in [0.15, 0.2) is 56.5 Å². The van der Waals surface area contributed by atoms with Crippen molar-refractivity contribution >= 4 is 10.0 Å². The van der Waals surface area contributed by atoms with E-state index in [1.165, 1.54) is 10.6 Å². The second-order valence-electron chi connectivity index (χ2n) is 5.97. The Morgan fingerprint density at radius 3 is 2.46 bits per heavy atom. The molecule has 0 amide bonds. The molecule has 148 valence electrons. The first kappa shape index (κ1) is 18.5. The van der Waals surface area contributed by atoms with Gasteiger partial charge >= 0.3 is 6.36 Å². The lowest BCUT2D eigenvalue weighted by Gasteiger charge is -2.35. The van der Waals surface area contributed by atoms with Crippen LogP contribution in [0.1, 0.15) is 11.8 Å². The van der Waals surface area contributed by atoms with Gasteiger partial charge in [0.2, 0.25) is 21.7 Å². The first-order valence-corrected chi connectivity index (χ1v) is 9.40. The molecule has 0 saturated carbocycles. The Morgan fingerprint density at radius 1 is 1.14 bits per heavy atom. The molecule has 2 aromatic heterocycles. The van der Waals surface area contributed by atoms with Gasteiger partial charge in [0.25, 0.3) is 0 Å². The fourth-order valence-electron chi connectivity index (χ4n) is 2.66. The summed E-state index contributed by atoms with van der Waals surface area (Å²) in [5, 5.41) is 3.79. The van der Waals surface area contributed by atoms with Gasteiger partial charge in [-0.15, -0.1) is 13.2 Å². The third kappa shape index (κ3) is 3.60. The Balaban J connectivity index is 1.42. The maximum Gasteiger partial charge on any atom is 0.573 e. The summed E-state index contributed by atoms with van der Waals surface area (Å²) in [6.07, 6.45) is -3.38. The predicted molar refractivity (Wildman–Crippen MR) is 86.6 cm³/mol. The summed E-state index contributed by atoms with van der Waals surface area (Å²) in [6, 6.07) is 7.36. The Kier molecular flexibility index (Phi) is 4.38. The molecule has 0 N–H and O–H groups in total. The molecule has 3 aromatic rings. The van der Waals surface area contributed by atoms with Crippen molar-refractivity contribution in [3.05, 3.63) is 48.6 Å². The average molecular weight is 415 g/mol. The summed E-state index contributed by atoms with van der Waals surface area (Å²) < 4.78 is 76.9. The second-order valence-corrected chi connectivity index (χ2v) is 7.91. The summed E-state index contributed by atoms with van der Waals surface area (Å²) in [6.45, 7) is 0.228. The van der Waals surface area contributed by atoms with Crippen molar-refractivity contribution in [3.8, 4) is 17.3 Å². The Labute approximate surface area is 156 Å². The molecule has 3 heterocycles. The highest BCUT2D eigenvalue weighted by atomic mass is 32.2. The van der Waals surface area contributed by atoms with E-state index >= 15 is 0 Å². The fraction of sp³-hybridized carbons (Fsp3) is 0.250. The molecule has 0 aliphatic carbocycles. The fourth-order valence-corrected chi connectivity index (χ4v) is 4.19. The third-order valence-electron chi connectivity index (χ3n) is 4.08. The maximum absolute atomic E-state index is 12.6. The van der Waals surface area contributed by atoms with E-state index in [2.05, 4.69) is 14.9 Å². The van der Waals surface area contributed by atoms with E-state index in [-0.39, 0.29) is 35.6 Å². The van der Waals surface area contributed by atoms with Crippen molar-refractivity contribution in [2.75, 3.05) is 13.1 Å². The summed E-state index contributed by atoms with van der Waals surface area (Å²) in [7, 11) is -3.85. The van der Waals surface area contributed by atoms with E-state index in [4.69, 9.17) is 8.94 Å². The third-order valence-corrected chi connectivity index (χ3v) is 5.92. The zero-order valence-corrected chi connectivity index (χ0v) is 14.8. The van der Waals surface area contributed by atoms with Gasteiger partial charge in [-0.25, -0.2) is 8.42 Å². The Morgan fingerprint density at radius 2 is 1.86 bits per heavy atom. The molecule has 1 fully saturated rings. The van der Waals surface area contributed by atoms with Crippen LogP contribution in [0.25, 0.3) is 11.6 Å². The van der Waals surface area contributed by atoms with Gasteiger partial charge in [0.05, 0.1) is 17.1 Å². The van der Waals surface area contributed by atoms with E-state index in [1.807, 2.05) is 0 Å². The molecule has 8 nitrogen and oxygen atoms in total. The zero-order valence-electron chi connectivity index (χ0n) is 14.0. The minimum absolute atomic E-state index is 0.114. The van der Waals surface area contributed by atoms with Gasteiger partial charge in [0.15, 0.2) is 5.76 Å². The molecule has 28 heavy (non-hydrogen) atoms. The summed E-state index contributed by atoms with van der Waals surface area (Å²) in [5.74, 6) is 0.205.